The van der Waals surface area contributed by atoms with Crippen LogP contribution >= 0.6 is 7.82 Å². The van der Waals surface area contributed by atoms with Crippen molar-refractivity contribution < 1.29 is 37.4 Å². The molecule has 0 saturated heterocycles. The Labute approximate surface area is 165 Å². The average Bonchev–Trinajstić information content (AvgIpc) is 2.70. The maximum absolute atomic E-state index is 12.8. The molecule has 29 heavy (non-hydrogen) atoms. The lowest BCUT2D eigenvalue weighted by Gasteiger charge is -2.13. The molecule has 0 unspecified atom stereocenters. The molecule has 12 nitrogen and oxygen atoms in total. The summed E-state index contributed by atoms with van der Waals surface area (Å²) in [5.41, 5.74) is -1.77. The second kappa shape index (κ2) is 11.7. The predicted molar refractivity (Wildman–Crippen MR) is 96.2 cm³/mol. The lowest BCUT2D eigenvalue weighted by molar-refractivity contribution is -0.135. The Bertz CT molecular complexity index is 865. The van der Waals surface area contributed by atoms with Gasteiger partial charge >= 0.3 is 19.8 Å². The van der Waals surface area contributed by atoms with Crippen LogP contribution in [0.25, 0.3) is 0 Å². The third-order valence-corrected chi connectivity index (χ3v) is 3.57. The van der Waals surface area contributed by atoms with Crippen molar-refractivity contribution in [1.82, 2.24) is 0 Å². The van der Waals surface area contributed by atoms with E-state index in [0.29, 0.717) is 0 Å². The van der Waals surface area contributed by atoms with E-state index in [4.69, 9.17) is 15.0 Å². The summed E-state index contributed by atoms with van der Waals surface area (Å²) in [4.78, 5) is 23.1. The summed E-state index contributed by atoms with van der Waals surface area (Å²) in [5.74, 6) is -2.31. The van der Waals surface area contributed by atoms with Gasteiger partial charge in [-0.1, -0.05) is 28.5 Å². The van der Waals surface area contributed by atoms with Crippen LogP contribution in [0.4, 0.5) is 0 Å². The smallest absolute Gasteiger partial charge is 0.461 e. The first-order valence-corrected chi connectivity index (χ1v) is 9.37. The lowest BCUT2D eigenvalue weighted by Crippen LogP contribution is -2.17. The standard InChI is InChI=1S/C16H15N4O8P/c1-3-24-15(21)13(10-17)19-27-29(23,26-12-8-6-5-7-9-12)28-20-14(11-18)16(22)25-4-2/h5-9H,3-4H2,1-2H3/b19-13+,20-14+. The molecule has 0 radical (unpaired) electrons. The Morgan fingerprint density at radius 1 is 0.931 bits per heavy atom. The van der Waals surface area contributed by atoms with E-state index < -0.39 is 31.2 Å². The fourth-order valence-electron chi connectivity index (χ4n) is 1.45. The topological polar surface area (TPSA) is 170 Å². The maximum atomic E-state index is 12.8. The van der Waals surface area contributed by atoms with Crippen molar-refractivity contribution in [3.63, 3.8) is 0 Å². The zero-order chi connectivity index (χ0) is 21.7. The molecular weight excluding hydrogens is 407 g/mol. The highest BCUT2D eigenvalue weighted by Gasteiger charge is 2.35. The molecule has 13 heteroatoms. The summed E-state index contributed by atoms with van der Waals surface area (Å²) in [6, 6.07) is 10.2. The van der Waals surface area contributed by atoms with Gasteiger partial charge in [0.15, 0.2) is 0 Å². The van der Waals surface area contributed by atoms with E-state index in [1.165, 1.54) is 50.3 Å². The van der Waals surface area contributed by atoms with Crippen LogP contribution in [0.5, 0.6) is 5.75 Å². The molecule has 0 aliphatic heterocycles. The van der Waals surface area contributed by atoms with Gasteiger partial charge in [-0.25, -0.2) is 9.59 Å². The molecule has 152 valence electrons. The second-order valence-corrected chi connectivity index (χ2v) is 5.96. The van der Waals surface area contributed by atoms with E-state index in [9.17, 15) is 14.2 Å². The summed E-state index contributed by atoms with van der Waals surface area (Å²) < 4.78 is 36.2. The van der Waals surface area contributed by atoms with Crippen molar-refractivity contribution in [3.05, 3.63) is 30.3 Å². The number of ether oxygens (including phenoxy) is 2. The molecule has 1 rings (SSSR count). The Balaban J connectivity index is 3.17. The molecule has 1 aromatic carbocycles. The van der Waals surface area contributed by atoms with E-state index in [1.54, 1.807) is 6.07 Å². The molecule has 0 spiro atoms. The summed E-state index contributed by atoms with van der Waals surface area (Å²) in [6.45, 7) is 2.88. The van der Waals surface area contributed by atoms with Gasteiger partial charge in [0, 0.05) is 0 Å². The molecule has 0 heterocycles. The van der Waals surface area contributed by atoms with Crippen LogP contribution in [0.3, 0.4) is 0 Å². The van der Waals surface area contributed by atoms with Crippen molar-refractivity contribution in [1.29, 1.82) is 10.5 Å². The van der Waals surface area contributed by atoms with Crippen molar-refractivity contribution in [2.24, 2.45) is 10.3 Å². The average molecular weight is 422 g/mol. The van der Waals surface area contributed by atoms with E-state index >= 15 is 0 Å². The number of nitriles is 2. The van der Waals surface area contributed by atoms with Gasteiger partial charge in [-0.15, -0.1) is 0 Å². The maximum Gasteiger partial charge on any atom is 0.689 e. The zero-order valence-corrected chi connectivity index (χ0v) is 16.2. The highest BCUT2D eigenvalue weighted by atomic mass is 31.2. The Morgan fingerprint density at radius 3 is 1.76 bits per heavy atom. The van der Waals surface area contributed by atoms with E-state index in [2.05, 4.69) is 29.0 Å². The molecule has 0 atom stereocenters. The van der Waals surface area contributed by atoms with Gasteiger partial charge < -0.3 is 14.0 Å². The first kappa shape index (κ1) is 23.1. The van der Waals surface area contributed by atoms with Crippen LogP contribution in [-0.4, -0.2) is 36.6 Å². The van der Waals surface area contributed by atoms with Crippen molar-refractivity contribution in [2.45, 2.75) is 13.8 Å². The summed E-state index contributed by atoms with van der Waals surface area (Å²) in [5, 5.41) is 24.1. The fourth-order valence-corrected chi connectivity index (χ4v) is 2.29. The van der Waals surface area contributed by atoms with Crippen LogP contribution in [-0.2, 0) is 32.9 Å². The molecule has 0 amide bonds. The number of esters is 2. The predicted octanol–water partition coefficient (Wildman–Crippen LogP) is 2.09. The van der Waals surface area contributed by atoms with Crippen LogP contribution in [0.1, 0.15) is 13.8 Å². The number of benzene rings is 1. The van der Waals surface area contributed by atoms with Gasteiger partial charge in [-0.2, -0.15) is 15.1 Å². The number of oxime groups is 2. The largest absolute Gasteiger partial charge is 0.689 e. The number of carbonyl (C=O) groups excluding carboxylic acids is 2. The minimum Gasteiger partial charge on any atom is -0.461 e. The Kier molecular flexibility index (Phi) is 9.38. The van der Waals surface area contributed by atoms with Crippen molar-refractivity contribution in [3.8, 4) is 17.9 Å². The lowest BCUT2D eigenvalue weighted by atomic mass is 10.3. The third-order valence-electron chi connectivity index (χ3n) is 2.57. The molecule has 0 aliphatic rings. The van der Waals surface area contributed by atoms with Crippen molar-refractivity contribution in [2.75, 3.05) is 13.2 Å². The molecule has 0 fully saturated rings. The SMILES string of the molecule is CCOC(=O)/C(C#N)=N/OP(=O)(O/N=C(\C#N)C(=O)OCC)Oc1ccccc1. The van der Waals surface area contributed by atoms with Gasteiger partial charge in [0.05, 0.1) is 13.2 Å². The third kappa shape index (κ3) is 7.71. The van der Waals surface area contributed by atoms with Crippen molar-refractivity contribution >= 4 is 31.2 Å². The van der Waals surface area contributed by atoms with E-state index in [0.717, 1.165) is 0 Å². The van der Waals surface area contributed by atoms with Gasteiger partial charge in [0.25, 0.3) is 11.4 Å². The minimum atomic E-state index is -4.79. The quantitative estimate of drug-likeness (QED) is 0.235. The highest BCUT2D eigenvalue weighted by Crippen LogP contribution is 2.50. The number of hydrogen-bond acceptors (Lipinski definition) is 12. The van der Waals surface area contributed by atoms with Gasteiger partial charge in [0.2, 0.25) is 0 Å². The number of nitrogens with zero attached hydrogens (tertiary/aromatic N) is 4. The molecule has 0 bridgehead atoms. The normalized spacial score (nSPS) is 13.1. The number of phosphoric acid groups is 1. The number of para-hydroxylation sites is 1. The van der Waals surface area contributed by atoms with Crippen LogP contribution in [0.15, 0.2) is 40.6 Å². The Morgan fingerprint density at radius 2 is 1.38 bits per heavy atom. The van der Waals surface area contributed by atoms with Gasteiger partial charge in [0.1, 0.15) is 17.9 Å². The summed E-state index contributed by atoms with van der Waals surface area (Å²) in [7, 11) is -4.79. The van der Waals surface area contributed by atoms with E-state index in [1.807, 2.05) is 0 Å². The second-order valence-electron chi connectivity index (χ2n) is 4.56. The van der Waals surface area contributed by atoms with Gasteiger partial charge in [-0.3, -0.25) is 9.25 Å². The zero-order valence-electron chi connectivity index (χ0n) is 15.3. The Hall–Kier alpha value is -3.89. The molecule has 0 aromatic heterocycles. The minimum absolute atomic E-state index is 0.0227. The van der Waals surface area contributed by atoms with Crippen LogP contribution in [0.2, 0.25) is 0 Å². The molecular formula is C16H15N4O8P. The molecule has 0 aliphatic carbocycles. The van der Waals surface area contributed by atoms with E-state index in [-0.39, 0.29) is 19.0 Å². The summed E-state index contributed by atoms with van der Waals surface area (Å²) >= 11 is 0. The highest BCUT2D eigenvalue weighted by molar-refractivity contribution is 7.48. The van der Waals surface area contributed by atoms with Crippen LogP contribution in [0, 0.1) is 22.7 Å². The fraction of sp³-hybridized carbons (Fsp3) is 0.250. The molecule has 0 N–H and O–H groups in total. The first-order chi connectivity index (χ1) is 13.9. The number of hydrogen-bond donors (Lipinski definition) is 0. The molecule has 0 saturated carbocycles. The first-order valence-electron chi connectivity index (χ1n) is 7.91. The number of carbonyl (C=O) groups is 2. The van der Waals surface area contributed by atoms with Gasteiger partial charge in [-0.05, 0) is 26.0 Å². The van der Waals surface area contributed by atoms with Crippen LogP contribution < -0.4 is 4.52 Å². The monoisotopic (exact) mass is 422 g/mol. The number of rotatable bonds is 10. The summed E-state index contributed by atoms with van der Waals surface area (Å²) in [6.07, 6.45) is 0. The molecule has 1 aromatic rings.